The minimum atomic E-state index is -0.0300. The molecule has 1 rings (SSSR count). The van der Waals surface area contributed by atoms with Gasteiger partial charge in [0.1, 0.15) is 0 Å². The predicted octanol–water partition coefficient (Wildman–Crippen LogP) is 4.39. The summed E-state index contributed by atoms with van der Waals surface area (Å²) in [6, 6.07) is 0. The summed E-state index contributed by atoms with van der Waals surface area (Å²) in [6.07, 6.45) is 4.20. The molecule has 0 aromatic heterocycles. The maximum atomic E-state index is 6.19. The van der Waals surface area contributed by atoms with Crippen LogP contribution in [0.4, 0.5) is 0 Å². The van der Waals surface area contributed by atoms with E-state index in [2.05, 4.69) is 50.5 Å². The molecule has 0 bridgehead atoms. The molecule has 0 spiro atoms. The third kappa shape index (κ3) is 4.44. The third-order valence-corrected chi connectivity index (χ3v) is 4.50. The predicted molar refractivity (Wildman–Crippen MR) is 69.5 cm³/mol. The topological polar surface area (TPSA) is 9.23 Å². The average molecular weight is 277 g/mol. The van der Waals surface area contributed by atoms with Crippen molar-refractivity contribution in [2.75, 3.05) is 5.33 Å². The van der Waals surface area contributed by atoms with Crippen LogP contribution in [0.25, 0.3) is 0 Å². The van der Waals surface area contributed by atoms with Crippen LogP contribution in [-0.4, -0.2) is 17.0 Å². The van der Waals surface area contributed by atoms with Crippen molar-refractivity contribution in [3.05, 3.63) is 0 Å². The molecule has 0 aromatic rings. The van der Waals surface area contributed by atoms with Gasteiger partial charge in [-0.3, -0.25) is 0 Å². The largest absolute Gasteiger partial charge is 0.371 e. The van der Waals surface area contributed by atoms with Crippen LogP contribution in [-0.2, 0) is 4.74 Å². The summed E-state index contributed by atoms with van der Waals surface area (Å²) in [5.74, 6) is 0.796. The van der Waals surface area contributed by atoms with Crippen molar-refractivity contribution in [3.8, 4) is 0 Å². The fraction of sp³-hybridized carbons (Fsp3) is 1.00. The quantitative estimate of drug-likeness (QED) is 0.695. The lowest BCUT2D eigenvalue weighted by molar-refractivity contribution is -0.0973. The van der Waals surface area contributed by atoms with Gasteiger partial charge >= 0.3 is 0 Å². The van der Waals surface area contributed by atoms with Crippen molar-refractivity contribution >= 4 is 15.9 Å². The Morgan fingerprint density at radius 3 is 2.40 bits per heavy atom. The Bertz CT molecular complexity index is 211. The highest BCUT2D eigenvalue weighted by Gasteiger charge is 2.35. The molecule has 2 unspecified atom stereocenters. The van der Waals surface area contributed by atoms with Crippen molar-refractivity contribution in [2.45, 2.75) is 65.6 Å². The lowest BCUT2D eigenvalue weighted by Gasteiger charge is -2.41. The maximum absolute atomic E-state index is 6.19. The molecule has 2 heteroatoms. The van der Waals surface area contributed by atoms with Crippen LogP contribution in [0.3, 0.4) is 0 Å². The third-order valence-electron chi connectivity index (χ3n) is 3.15. The fourth-order valence-corrected chi connectivity index (χ4v) is 2.96. The first kappa shape index (κ1) is 13.5. The number of alkyl halides is 1. The Hall–Kier alpha value is 0.440. The lowest BCUT2D eigenvalue weighted by atomic mass is 9.71. The van der Waals surface area contributed by atoms with Gasteiger partial charge in [-0.15, -0.1) is 0 Å². The van der Waals surface area contributed by atoms with Gasteiger partial charge in [-0.2, -0.15) is 0 Å². The Labute approximate surface area is 103 Å². The molecule has 2 atom stereocenters. The molecule has 0 N–H and O–H groups in total. The van der Waals surface area contributed by atoms with Gasteiger partial charge in [-0.1, -0.05) is 36.7 Å². The van der Waals surface area contributed by atoms with Crippen LogP contribution in [0.15, 0.2) is 0 Å². The van der Waals surface area contributed by atoms with E-state index in [1.165, 1.54) is 19.3 Å². The SMILES string of the molecule is CC1CC(OC(C)(C)CBr)CC(C)(C)C1. The molecule has 0 amide bonds. The van der Waals surface area contributed by atoms with Crippen molar-refractivity contribution < 1.29 is 4.74 Å². The molecule has 0 aliphatic heterocycles. The van der Waals surface area contributed by atoms with E-state index in [0.29, 0.717) is 11.5 Å². The second-order valence-corrected chi connectivity index (χ2v) is 7.11. The zero-order valence-corrected chi connectivity index (χ0v) is 12.4. The normalized spacial score (nSPS) is 31.6. The van der Waals surface area contributed by atoms with Crippen molar-refractivity contribution in [1.82, 2.24) is 0 Å². The molecule has 0 radical (unpaired) electrons. The summed E-state index contributed by atoms with van der Waals surface area (Å²) in [5, 5.41) is 0.908. The van der Waals surface area contributed by atoms with Crippen molar-refractivity contribution in [3.63, 3.8) is 0 Å². The zero-order valence-electron chi connectivity index (χ0n) is 10.8. The van der Waals surface area contributed by atoms with Gasteiger partial charge in [0.25, 0.3) is 0 Å². The molecule has 1 fully saturated rings. The molecular weight excluding hydrogens is 252 g/mol. The van der Waals surface area contributed by atoms with Gasteiger partial charge in [0.15, 0.2) is 0 Å². The van der Waals surface area contributed by atoms with Gasteiger partial charge in [-0.25, -0.2) is 0 Å². The van der Waals surface area contributed by atoms with E-state index >= 15 is 0 Å². The van der Waals surface area contributed by atoms with Crippen LogP contribution < -0.4 is 0 Å². The first-order valence-electron chi connectivity index (χ1n) is 5.98. The van der Waals surface area contributed by atoms with Gasteiger partial charge < -0.3 is 4.74 Å². The maximum Gasteiger partial charge on any atom is 0.0726 e. The summed E-state index contributed by atoms with van der Waals surface area (Å²) in [5.41, 5.74) is 0.419. The van der Waals surface area contributed by atoms with Crippen LogP contribution in [0, 0.1) is 11.3 Å². The Balaban J connectivity index is 2.56. The summed E-state index contributed by atoms with van der Waals surface area (Å²) in [7, 11) is 0. The van der Waals surface area contributed by atoms with E-state index in [4.69, 9.17) is 4.74 Å². The number of rotatable bonds is 3. The molecular formula is C13H25BrO. The molecule has 15 heavy (non-hydrogen) atoms. The van der Waals surface area contributed by atoms with Crippen molar-refractivity contribution in [2.24, 2.45) is 11.3 Å². The Morgan fingerprint density at radius 1 is 1.33 bits per heavy atom. The summed E-state index contributed by atoms with van der Waals surface area (Å²) in [6.45, 7) is 11.4. The van der Waals surface area contributed by atoms with E-state index in [0.717, 1.165) is 11.2 Å². The van der Waals surface area contributed by atoms with Gasteiger partial charge in [0, 0.05) is 5.33 Å². The van der Waals surface area contributed by atoms with Crippen LogP contribution in [0.1, 0.15) is 53.9 Å². The number of hydrogen-bond donors (Lipinski definition) is 0. The molecule has 0 heterocycles. The first-order chi connectivity index (χ1) is 6.74. The summed E-state index contributed by atoms with van der Waals surface area (Å²) in [4.78, 5) is 0. The second-order valence-electron chi connectivity index (χ2n) is 6.55. The van der Waals surface area contributed by atoms with Crippen LogP contribution >= 0.6 is 15.9 Å². The van der Waals surface area contributed by atoms with Gasteiger partial charge in [-0.05, 0) is 44.4 Å². The van der Waals surface area contributed by atoms with Crippen molar-refractivity contribution in [1.29, 1.82) is 0 Å². The molecule has 1 aliphatic carbocycles. The second kappa shape index (κ2) is 4.75. The monoisotopic (exact) mass is 276 g/mol. The highest BCUT2D eigenvalue weighted by Crippen LogP contribution is 2.40. The Morgan fingerprint density at radius 2 is 1.93 bits per heavy atom. The minimum Gasteiger partial charge on any atom is -0.371 e. The van der Waals surface area contributed by atoms with E-state index in [1.807, 2.05) is 0 Å². The molecule has 1 aliphatic rings. The van der Waals surface area contributed by atoms with Gasteiger partial charge in [0.05, 0.1) is 11.7 Å². The van der Waals surface area contributed by atoms with Crippen LogP contribution in [0.5, 0.6) is 0 Å². The molecule has 1 nitrogen and oxygen atoms in total. The molecule has 0 aromatic carbocycles. The molecule has 1 saturated carbocycles. The number of halogens is 1. The molecule has 90 valence electrons. The highest BCUT2D eigenvalue weighted by molar-refractivity contribution is 9.09. The minimum absolute atomic E-state index is 0.0300. The number of hydrogen-bond acceptors (Lipinski definition) is 1. The standard InChI is InChI=1S/C13H25BrO/c1-10-6-11(8-12(2,3)7-10)15-13(4,5)9-14/h10-11H,6-9H2,1-5H3. The smallest absolute Gasteiger partial charge is 0.0726 e. The number of ether oxygens (including phenoxy) is 1. The van der Waals surface area contributed by atoms with E-state index < -0.39 is 0 Å². The van der Waals surface area contributed by atoms with E-state index in [9.17, 15) is 0 Å². The summed E-state index contributed by atoms with van der Waals surface area (Å²) >= 11 is 3.52. The Kier molecular flexibility index (Phi) is 4.27. The highest BCUT2D eigenvalue weighted by atomic mass is 79.9. The zero-order chi connectivity index (χ0) is 11.7. The molecule has 0 saturated heterocycles. The van der Waals surface area contributed by atoms with E-state index in [1.54, 1.807) is 0 Å². The first-order valence-corrected chi connectivity index (χ1v) is 7.10. The lowest BCUT2D eigenvalue weighted by Crippen LogP contribution is -2.39. The average Bonchev–Trinajstić information content (AvgIpc) is 1.99. The van der Waals surface area contributed by atoms with E-state index in [-0.39, 0.29) is 5.60 Å². The fourth-order valence-electron chi connectivity index (χ4n) is 2.83. The van der Waals surface area contributed by atoms with Gasteiger partial charge in [0.2, 0.25) is 0 Å². The van der Waals surface area contributed by atoms with Crippen LogP contribution in [0.2, 0.25) is 0 Å². The summed E-state index contributed by atoms with van der Waals surface area (Å²) < 4.78 is 6.19.